The summed E-state index contributed by atoms with van der Waals surface area (Å²) in [6, 6.07) is 11.8. The first kappa shape index (κ1) is 16.3. The van der Waals surface area contributed by atoms with E-state index in [0.717, 1.165) is 36.3 Å². The first-order valence-electron chi connectivity index (χ1n) is 8.65. The third kappa shape index (κ3) is 4.06. The van der Waals surface area contributed by atoms with Crippen molar-refractivity contribution in [3.05, 3.63) is 78.5 Å². The molecule has 5 heteroatoms. The molecule has 0 fully saturated rings. The third-order valence-electron chi connectivity index (χ3n) is 4.13. The van der Waals surface area contributed by atoms with Gasteiger partial charge in [-0.15, -0.1) is 0 Å². The van der Waals surface area contributed by atoms with Gasteiger partial charge in [-0.3, -0.25) is 0 Å². The molecular formula is C21H19N3O2. The zero-order valence-corrected chi connectivity index (χ0v) is 14.3. The fraction of sp³-hybridized carbons (Fsp3) is 0.190. The number of rotatable bonds is 4. The summed E-state index contributed by atoms with van der Waals surface area (Å²) in [5.74, 6) is 1.83. The van der Waals surface area contributed by atoms with Crippen molar-refractivity contribution in [2.24, 2.45) is 4.99 Å². The normalized spacial score (nSPS) is 17.9. The van der Waals surface area contributed by atoms with Gasteiger partial charge in [-0.25, -0.2) is 9.97 Å². The van der Waals surface area contributed by atoms with Gasteiger partial charge in [0, 0.05) is 18.1 Å². The second kappa shape index (κ2) is 7.78. The molecule has 0 radical (unpaired) electrons. The average molecular weight is 345 g/mol. The van der Waals surface area contributed by atoms with Crippen molar-refractivity contribution < 1.29 is 9.47 Å². The van der Waals surface area contributed by atoms with Crippen molar-refractivity contribution in [3.8, 4) is 11.3 Å². The second-order valence-corrected chi connectivity index (χ2v) is 6.10. The summed E-state index contributed by atoms with van der Waals surface area (Å²) in [7, 11) is 0. The highest BCUT2D eigenvalue weighted by atomic mass is 16.6. The van der Waals surface area contributed by atoms with E-state index in [1.165, 1.54) is 11.9 Å². The fourth-order valence-electron chi connectivity index (χ4n) is 2.87. The summed E-state index contributed by atoms with van der Waals surface area (Å²) >= 11 is 0. The van der Waals surface area contributed by atoms with Crippen LogP contribution in [0.1, 0.15) is 19.3 Å². The summed E-state index contributed by atoms with van der Waals surface area (Å²) in [4.78, 5) is 13.0. The molecule has 5 nitrogen and oxygen atoms in total. The fourth-order valence-corrected chi connectivity index (χ4v) is 2.87. The molecule has 26 heavy (non-hydrogen) atoms. The lowest BCUT2D eigenvalue weighted by atomic mass is 10.0. The van der Waals surface area contributed by atoms with E-state index in [-0.39, 0.29) is 0 Å². The first-order chi connectivity index (χ1) is 12.9. The van der Waals surface area contributed by atoms with Crippen LogP contribution in [0, 0.1) is 0 Å². The molecule has 130 valence electrons. The minimum absolute atomic E-state index is 0.299. The highest BCUT2D eigenvalue weighted by Gasteiger charge is 2.15. The van der Waals surface area contributed by atoms with Crippen LogP contribution in [0.4, 0.5) is 5.82 Å². The zero-order valence-electron chi connectivity index (χ0n) is 14.3. The van der Waals surface area contributed by atoms with Crippen LogP contribution in [0.25, 0.3) is 11.3 Å². The second-order valence-electron chi connectivity index (χ2n) is 6.10. The van der Waals surface area contributed by atoms with E-state index in [4.69, 9.17) is 9.47 Å². The Morgan fingerprint density at radius 1 is 1.12 bits per heavy atom. The van der Waals surface area contributed by atoms with Crippen LogP contribution >= 0.6 is 0 Å². The number of ether oxygens (including phenoxy) is 2. The molecule has 1 aromatic heterocycles. The van der Waals surface area contributed by atoms with Crippen molar-refractivity contribution in [1.82, 2.24) is 9.97 Å². The van der Waals surface area contributed by atoms with E-state index in [1.807, 2.05) is 36.4 Å². The molecule has 1 aliphatic carbocycles. The summed E-state index contributed by atoms with van der Waals surface area (Å²) in [6.45, 7) is 0.299. The predicted octanol–water partition coefficient (Wildman–Crippen LogP) is 4.73. The van der Waals surface area contributed by atoms with E-state index >= 15 is 0 Å². The van der Waals surface area contributed by atoms with Gasteiger partial charge >= 0.3 is 0 Å². The molecule has 0 spiro atoms. The molecule has 4 rings (SSSR count). The van der Waals surface area contributed by atoms with Crippen molar-refractivity contribution in [3.63, 3.8) is 0 Å². The number of nitrogens with zero attached hydrogens (tertiary/aromatic N) is 3. The van der Waals surface area contributed by atoms with Crippen LogP contribution in [0.5, 0.6) is 0 Å². The Kier molecular flexibility index (Phi) is 4.87. The molecule has 0 N–H and O–H groups in total. The molecule has 0 amide bonds. The summed E-state index contributed by atoms with van der Waals surface area (Å²) in [5, 5.41) is 0. The van der Waals surface area contributed by atoms with Gasteiger partial charge in [-0.1, -0.05) is 54.1 Å². The first-order valence-corrected chi connectivity index (χ1v) is 8.65. The molecule has 2 aliphatic rings. The monoisotopic (exact) mass is 345 g/mol. The van der Waals surface area contributed by atoms with E-state index in [0.29, 0.717) is 18.3 Å². The van der Waals surface area contributed by atoms with E-state index < -0.39 is 0 Å². The third-order valence-corrected chi connectivity index (χ3v) is 4.13. The zero-order chi connectivity index (χ0) is 17.6. The molecule has 0 saturated heterocycles. The van der Waals surface area contributed by atoms with Crippen molar-refractivity contribution in [1.29, 1.82) is 0 Å². The van der Waals surface area contributed by atoms with Gasteiger partial charge in [0.25, 0.3) is 0 Å². The Morgan fingerprint density at radius 2 is 2.04 bits per heavy atom. The number of hydrogen-bond acceptors (Lipinski definition) is 5. The quantitative estimate of drug-likeness (QED) is 0.804. The Bertz CT molecular complexity index is 898. The summed E-state index contributed by atoms with van der Waals surface area (Å²) < 4.78 is 11.4. The van der Waals surface area contributed by atoms with Crippen molar-refractivity contribution >= 4 is 11.7 Å². The van der Waals surface area contributed by atoms with Gasteiger partial charge in [0.15, 0.2) is 12.4 Å². The Labute approximate surface area is 152 Å². The van der Waals surface area contributed by atoms with Crippen LogP contribution in [0.15, 0.2) is 83.5 Å². The molecule has 2 heterocycles. The number of aliphatic imine (C=N–C) groups is 1. The summed E-state index contributed by atoms with van der Waals surface area (Å²) in [5.41, 5.74) is 3.18. The molecular weight excluding hydrogens is 326 g/mol. The smallest absolute Gasteiger partial charge is 0.234 e. The highest BCUT2D eigenvalue weighted by Crippen LogP contribution is 2.24. The molecule has 1 aliphatic heterocycles. The largest absolute Gasteiger partial charge is 0.488 e. The maximum Gasteiger partial charge on any atom is 0.234 e. The van der Waals surface area contributed by atoms with E-state index in [2.05, 4.69) is 33.2 Å². The van der Waals surface area contributed by atoms with Crippen LogP contribution in [0.2, 0.25) is 0 Å². The van der Waals surface area contributed by atoms with Gasteiger partial charge in [-0.05, 0) is 12.8 Å². The standard InChI is InChI=1S/C21H19N3O2/c1-3-7-16(8-4-1)11-18-13-25-14-21(26-18)24-20-12-19(22-15-23-20)17-9-5-2-6-10-17/h1-3,5-7,9-10,12-13,15H,4,8,11,14H2. The number of aromatic nitrogens is 2. The molecule has 0 saturated carbocycles. The number of allylic oxidation sites excluding steroid dienone is 4. The Hall–Kier alpha value is -3.21. The maximum absolute atomic E-state index is 5.90. The number of benzene rings is 1. The lowest BCUT2D eigenvalue weighted by Crippen LogP contribution is -2.17. The Balaban J connectivity index is 1.49. The van der Waals surface area contributed by atoms with E-state index in [1.54, 1.807) is 6.26 Å². The lowest BCUT2D eigenvalue weighted by molar-refractivity contribution is 0.211. The number of hydrogen-bond donors (Lipinski definition) is 0. The van der Waals surface area contributed by atoms with Crippen LogP contribution in [-0.4, -0.2) is 22.5 Å². The van der Waals surface area contributed by atoms with Crippen LogP contribution in [-0.2, 0) is 9.47 Å². The highest BCUT2D eigenvalue weighted by molar-refractivity contribution is 5.81. The van der Waals surface area contributed by atoms with Gasteiger partial charge < -0.3 is 9.47 Å². The predicted molar refractivity (Wildman–Crippen MR) is 101 cm³/mol. The maximum atomic E-state index is 5.90. The average Bonchev–Trinajstić information content (AvgIpc) is 2.70. The lowest BCUT2D eigenvalue weighted by Gasteiger charge is -2.18. The van der Waals surface area contributed by atoms with Gasteiger partial charge in [0.1, 0.15) is 18.3 Å². The molecule has 1 aromatic carbocycles. The van der Waals surface area contributed by atoms with Gasteiger partial charge in [0.05, 0.1) is 5.69 Å². The van der Waals surface area contributed by atoms with E-state index in [9.17, 15) is 0 Å². The Morgan fingerprint density at radius 3 is 2.88 bits per heavy atom. The van der Waals surface area contributed by atoms with Crippen molar-refractivity contribution in [2.75, 3.05) is 6.61 Å². The summed E-state index contributed by atoms with van der Waals surface area (Å²) in [6.07, 6.45) is 12.4. The van der Waals surface area contributed by atoms with Crippen LogP contribution in [0.3, 0.4) is 0 Å². The molecule has 0 unspecified atom stereocenters. The van der Waals surface area contributed by atoms with Crippen molar-refractivity contribution in [2.45, 2.75) is 19.3 Å². The molecule has 2 aromatic rings. The molecule has 0 bridgehead atoms. The van der Waals surface area contributed by atoms with Gasteiger partial charge in [-0.2, -0.15) is 4.99 Å². The SMILES string of the molecule is C1=CCCC(CC2=COCC(=Nc3cc(-c4ccccc4)ncn3)O2)=C1. The van der Waals surface area contributed by atoms with Gasteiger partial charge in [0.2, 0.25) is 5.90 Å². The topological polar surface area (TPSA) is 56.6 Å². The minimum Gasteiger partial charge on any atom is -0.488 e. The minimum atomic E-state index is 0.299. The molecule has 0 atom stereocenters. The van der Waals surface area contributed by atoms with Crippen LogP contribution < -0.4 is 0 Å².